The van der Waals surface area contributed by atoms with Gasteiger partial charge in [-0.1, -0.05) is 48.5 Å². The maximum atomic E-state index is 12.7. The molecule has 1 aliphatic carbocycles. The van der Waals surface area contributed by atoms with Gasteiger partial charge in [0.1, 0.15) is 6.61 Å². The highest BCUT2D eigenvalue weighted by Crippen LogP contribution is 2.44. The van der Waals surface area contributed by atoms with Crippen molar-refractivity contribution in [3.05, 3.63) is 65.4 Å². The molecule has 1 heterocycles. The van der Waals surface area contributed by atoms with E-state index in [1.165, 1.54) is 4.90 Å². The van der Waals surface area contributed by atoms with E-state index < -0.39 is 18.0 Å². The zero-order chi connectivity index (χ0) is 23.4. The van der Waals surface area contributed by atoms with Gasteiger partial charge in [0, 0.05) is 19.0 Å². The number of aromatic nitrogens is 2. The number of anilines is 1. The van der Waals surface area contributed by atoms with Gasteiger partial charge in [0.25, 0.3) is 5.91 Å². The molecule has 0 atom stereocenters. The molecule has 0 spiro atoms. The van der Waals surface area contributed by atoms with Crippen LogP contribution in [0.5, 0.6) is 0 Å². The molecule has 2 amide bonds. The average molecular weight is 450 g/mol. The van der Waals surface area contributed by atoms with E-state index in [1.54, 1.807) is 6.92 Å². The van der Waals surface area contributed by atoms with E-state index in [-0.39, 0.29) is 43.5 Å². The third-order valence-corrected chi connectivity index (χ3v) is 5.52. The fraction of sp³-hybridized carbons (Fsp3) is 0.261. The highest BCUT2D eigenvalue weighted by molar-refractivity contribution is 5.99. The van der Waals surface area contributed by atoms with Gasteiger partial charge < -0.3 is 14.7 Å². The zero-order valence-corrected chi connectivity index (χ0v) is 17.9. The third-order valence-electron chi connectivity index (χ3n) is 5.52. The summed E-state index contributed by atoms with van der Waals surface area (Å²) in [4.78, 5) is 37.2. The molecule has 10 heteroatoms. The van der Waals surface area contributed by atoms with E-state index in [0.717, 1.165) is 22.3 Å². The van der Waals surface area contributed by atoms with Crippen LogP contribution in [0.1, 0.15) is 40.9 Å². The first-order valence-electron chi connectivity index (χ1n) is 10.4. The zero-order valence-electron chi connectivity index (χ0n) is 17.9. The molecule has 33 heavy (non-hydrogen) atoms. The molecule has 3 aromatic rings. The van der Waals surface area contributed by atoms with Gasteiger partial charge in [-0.25, -0.2) is 9.42 Å². The molecule has 0 saturated heterocycles. The minimum Gasteiger partial charge on any atom is -0.481 e. The second-order valence-corrected chi connectivity index (χ2v) is 7.44. The summed E-state index contributed by atoms with van der Waals surface area (Å²) >= 11 is 0. The predicted octanol–water partition coefficient (Wildman–Crippen LogP) is 3.37. The Morgan fingerprint density at radius 2 is 1.70 bits per heavy atom. The number of aliphatic carboxylic acids is 1. The van der Waals surface area contributed by atoms with E-state index in [2.05, 4.69) is 20.3 Å². The minimum absolute atomic E-state index is 0.0120. The highest BCUT2D eigenvalue weighted by Gasteiger charge is 2.30. The fourth-order valence-electron chi connectivity index (χ4n) is 3.93. The maximum Gasteiger partial charge on any atom is 0.412 e. The third kappa shape index (κ3) is 4.54. The Morgan fingerprint density at radius 3 is 2.30 bits per heavy atom. The molecule has 4 rings (SSSR count). The van der Waals surface area contributed by atoms with Crippen LogP contribution >= 0.6 is 0 Å². The number of carbonyl (C=O) groups excluding carboxylic acids is 2. The number of nitrogens with one attached hydrogen (secondary N) is 1. The summed E-state index contributed by atoms with van der Waals surface area (Å²) in [6.45, 7) is 2.03. The van der Waals surface area contributed by atoms with Crippen LogP contribution in [0, 0.1) is 0 Å². The molecule has 0 unspecified atom stereocenters. The Balaban J connectivity index is 1.42. The van der Waals surface area contributed by atoms with Gasteiger partial charge in [-0.05, 0) is 39.5 Å². The van der Waals surface area contributed by atoms with Crippen LogP contribution in [-0.2, 0) is 9.53 Å². The SMILES string of the molecule is CCN(CCC(=O)O)C(=O)c1nonc1NC(=O)OCC1c2ccccc2-c2ccccc21. The van der Waals surface area contributed by atoms with Gasteiger partial charge in [-0.15, -0.1) is 0 Å². The average Bonchev–Trinajstić information content (AvgIpc) is 3.40. The largest absolute Gasteiger partial charge is 0.481 e. The van der Waals surface area contributed by atoms with Crippen LogP contribution in [-0.4, -0.2) is 58.0 Å². The molecule has 1 aromatic heterocycles. The molecule has 0 saturated carbocycles. The monoisotopic (exact) mass is 450 g/mol. The fourth-order valence-corrected chi connectivity index (χ4v) is 3.93. The van der Waals surface area contributed by atoms with Crippen LogP contribution in [0.4, 0.5) is 10.6 Å². The summed E-state index contributed by atoms with van der Waals surface area (Å²) in [6, 6.07) is 15.9. The van der Waals surface area contributed by atoms with Crippen molar-refractivity contribution >= 4 is 23.8 Å². The predicted molar refractivity (Wildman–Crippen MR) is 117 cm³/mol. The first-order valence-corrected chi connectivity index (χ1v) is 10.4. The number of amides is 2. The normalized spacial score (nSPS) is 12.0. The number of nitrogens with zero attached hydrogens (tertiary/aromatic N) is 3. The Labute approximate surface area is 189 Å². The maximum absolute atomic E-state index is 12.7. The molecule has 0 bridgehead atoms. The second kappa shape index (κ2) is 9.51. The van der Waals surface area contributed by atoms with E-state index in [4.69, 9.17) is 9.84 Å². The van der Waals surface area contributed by atoms with Crippen molar-refractivity contribution in [2.24, 2.45) is 0 Å². The van der Waals surface area contributed by atoms with Gasteiger partial charge in [-0.2, -0.15) is 0 Å². The topological polar surface area (TPSA) is 135 Å². The van der Waals surface area contributed by atoms with Crippen molar-refractivity contribution in [1.29, 1.82) is 0 Å². The lowest BCUT2D eigenvalue weighted by Gasteiger charge is -2.18. The number of ether oxygens (including phenoxy) is 1. The summed E-state index contributed by atoms with van der Waals surface area (Å²) in [5, 5.41) is 18.4. The summed E-state index contributed by atoms with van der Waals surface area (Å²) in [7, 11) is 0. The van der Waals surface area contributed by atoms with Gasteiger partial charge in [-0.3, -0.25) is 14.9 Å². The van der Waals surface area contributed by atoms with Gasteiger partial charge in [0.15, 0.2) is 0 Å². The molecule has 2 aromatic carbocycles. The summed E-state index contributed by atoms with van der Waals surface area (Å²) in [5.74, 6) is -1.94. The summed E-state index contributed by atoms with van der Waals surface area (Å²) in [5.41, 5.74) is 4.13. The van der Waals surface area contributed by atoms with Gasteiger partial charge in [0.2, 0.25) is 11.5 Å². The first kappa shape index (κ1) is 22.0. The molecule has 1 aliphatic rings. The Kier molecular flexibility index (Phi) is 6.34. The van der Waals surface area contributed by atoms with Crippen molar-refractivity contribution in [2.45, 2.75) is 19.3 Å². The summed E-state index contributed by atoms with van der Waals surface area (Å²) < 4.78 is 10.1. The van der Waals surface area contributed by atoms with Gasteiger partial charge in [0.05, 0.1) is 6.42 Å². The standard InChI is InChI=1S/C23H22N4O6/c1-2-27(12-11-19(28)29)22(30)20-21(26-33-25-20)24-23(31)32-13-18-16-9-5-3-7-14(16)15-8-4-6-10-17(15)18/h3-10,18H,2,11-13H2,1H3,(H,28,29)(H,24,26,31). The molecule has 170 valence electrons. The lowest BCUT2D eigenvalue weighted by atomic mass is 9.98. The number of fused-ring (bicyclic) bond motifs is 3. The number of rotatable bonds is 8. The Morgan fingerprint density at radius 1 is 1.06 bits per heavy atom. The van der Waals surface area contributed by atoms with E-state index in [0.29, 0.717) is 0 Å². The molecule has 0 radical (unpaired) electrons. The van der Waals surface area contributed by atoms with Crippen LogP contribution in [0.3, 0.4) is 0 Å². The second-order valence-electron chi connectivity index (χ2n) is 7.44. The number of hydrogen-bond acceptors (Lipinski definition) is 7. The highest BCUT2D eigenvalue weighted by atomic mass is 16.6. The van der Waals surface area contributed by atoms with Crippen molar-refractivity contribution in [2.75, 3.05) is 25.0 Å². The lowest BCUT2D eigenvalue weighted by molar-refractivity contribution is -0.137. The Hall–Kier alpha value is -4.21. The Bertz CT molecular complexity index is 1150. The van der Waals surface area contributed by atoms with Crippen molar-refractivity contribution < 1.29 is 28.9 Å². The quantitative estimate of drug-likeness (QED) is 0.533. The number of benzene rings is 2. The summed E-state index contributed by atoms with van der Waals surface area (Å²) in [6.07, 6.45) is -1.03. The van der Waals surface area contributed by atoms with Crippen molar-refractivity contribution in [3.8, 4) is 11.1 Å². The molecule has 2 N–H and O–H groups in total. The smallest absolute Gasteiger partial charge is 0.412 e. The van der Waals surface area contributed by atoms with Gasteiger partial charge >= 0.3 is 12.1 Å². The lowest BCUT2D eigenvalue weighted by Crippen LogP contribution is -2.33. The van der Waals surface area contributed by atoms with Crippen molar-refractivity contribution in [1.82, 2.24) is 15.2 Å². The van der Waals surface area contributed by atoms with Crippen LogP contribution < -0.4 is 5.32 Å². The molecular formula is C23H22N4O6. The molecular weight excluding hydrogens is 428 g/mol. The number of carbonyl (C=O) groups is 3. The molecule has 0 aliphatic heterocycles. The van der Waals surface area contributed by atoms with Crippen molar-refractivity contribution in [3.63, 3.8) is 0 Å². The number of carboxylic acids is 1. The number of carboxylic acid groups (broad SMARTS) is 1. The van der Waals surface area contributed by atoms with E-state index in [9.17, 15) is 14.4 Å². The van der Waals surface area contributed by atoms with Crippen LogP contribution in [0.15, 0.2) is 53.2 Å². The number of hydrogen-bond donors (Lipinski definition) is 2. The molecule has 10 nitrogen and oxygen atoms in total. The van der Waals surface area contributed by atoms with E-state index in [1.807, 2.05) is 48.5 Å². The molecule has 0 fully saturated rings. The van der Waals surface area contributed by atoms with Crippen LogP contribution in [0.25, 0.3) is 11.1 Å². The van der Waals surface area contributed by atoms with Crippen LogP contribution in [0.2, 0.25) is 0 Å². The first-order chi connectivity index (χ1) is 16.0. The minimum atomic E-state index is -1.03. The van der Waals surface area contributed by atoms with E-state index >= 15 is 0 Å².